The van der Waals surface area contributed by atoms with Gasteiger partial charge in [0.2, 0.25) is 5.91 Å². The highest BCUT2D eigenvalue weighted by molar-refractivity contribution is 5.94. The predicted molar refractivity (Wildman–Crippen MR) is 59.0 cm³/mol. The van der Waals surface area contributed by atoms with Crippen LogP contribution in [0.1, 0.15) is 18.4 Å². The highest BCUT2D eigenvalue weighted by Crippen LogP contribution is 2.31. The van der Waals surface area contributed by atoms with E-state index in [0.29, 0.717) is 12.1 Å². The first-order valence-electron chi connectivity index (χ1n) is 5.53. The molecule has 0 spiro atoms. The molecule has 0 aromatic heterocycles. The van der Waals surface area contributed by atoms with Crippen LogP contribution in [-0.4, -0.2) is 23.7 Å². The van der Waals surface area contributed by atoms with Gasteiger partial charge in [0.05, 0.1) is 18.2 Å². The molecule has 0 saturated carbocycles. The van der Waals surface area contributed by atoms with Gasteiger partial charge in [-0.25, -0.2) is 0 Å². The lowest BCUT2D eigenvalue weighted by Gasteiger charge is -2.30. The first-order valence-corrected chi connectivity index (χ1v) is 5.53. The Morgan fingerprint density at radius 3 is 2.39 bits per heavy atom. The fourth-order valence-electron chi connectivity index (χ4n) is 1.91. The highest BCUT2D eigenvalue weighted by atomic mass is 19.4. The molecule has 0 radical (unpaired) electrons. The molecular weight excluding hydrogens is 247 g/mol. The van der Waals surface area contributed by atoms with E-state index in [0.717, 1.165) is 12.1 Å². The van der Waals surface area contributed by atoms with Crippen LogP contribution in [0.2, 0.25) is 0 Å². The summed E-state index contributed by atoms with van der Waals surface area (Å²) in [4.78, 5) is 12.9. The molecule has 1 saturated heterocycles. The summed E-state index contributed by atoms with van der Waals surface area (Å²) in [6, 6.07) is 4.37. The number of rotatable bonds is 1. The minimum Gasteiger partial charge on any atom is -0.391 e. The van der Waals surface area contributed by atoms with Gasteiger partial charge in [0, 0.05) is 12.1 Å². The van der Waals surface area contributed by atoms with Gasteiger partial charge in [0.1, 0.15) is 0 Å². The van der Waals surface area contributed by atoms with Crippen molar-refractivity contribution in [2.75, 3.05) is 11.4 Å². The first kappa shape index (κ1) is 12.9. The number of alkyl halides is 3. The van der Waals surface area contributed by atoms with Crippen molar-refractivity contribution in [2.24, 2.45) is 0 Å². The summed E-state index contributed by atoms with van der Waals surface area (Å²) in [6.45, 7) is 0.129. The minimum absolute atomic E-state index is 0.129. The Morgan fingerprint density at radius 2 is 1.83 bits per heavy atom. The third kappa shape index (κ3) is 2.64. The van der Waals surface area contributed by atoms with Crippen LogP contribution in [0.4, 0.5) is 18.9 Å². The van der Waals surface area contributed by atoms with E-state index in [2.05, 4.69) is 0 Å². The number of halogens is 3. The molecule has 1 aliphatic rings. The van der Waals surface area contributed by atoms with Crippen molar-refractivity contribution in [3.8, 4) is 0 Å². The van der Waals surface area contributed by atoms with E-state index in [9.17, 15) is 23.1 Å². The van der Waals surface area contributed by atoms with Crippen molar-refractivity contribution in [3.05, 3.63) is 29.8 Å². The van der Waals surface area contributed by atoms with E-state index in [-0.39, 0.29) is 18.9 Å². The number of benzene rings is 1. The van der Waals surface area contributed by atoms with Crippen LogP contribution >= 0.6 is 0 Å². The average Bonchev–Trinajstić information content (AvgIpc) is 2.31. The fourth-order valence-corrected chi connectivity index (χ4v) is 1.91. The predicted octanol–water partition coefficient (Wildman–Crippen LogP) is 2.19. The number of aliphatic hydroxyl groups excluding tert-OH is 1. The fraction of sp³-hybridized carbons (Fsp3) is 0.417. The summed E-state index contributed by atoms with van der Waals surface area (Å²) in [6.07, 6.45) is -4.40. The van der Waals surface area contributed by atoms with E-state index >= 15 is 0 Å². The van der Waals surface area contributed by atoms with Gasteiger partial charge in [-0.15, -0.1) is 0 Å². The molecule has 98 valence electrons. The van der Waals surface area contributed by atoms with Gasteiger partial charge < -0.3 is 10.0 Å². The molecule has 1 heterocycles. The van der Waals surface area contributed by atoms with Gasteiger partial charge in [-0.1, -0.05) is 0 Å². The van der Waals surface area contributed by atoms with E-state index in [1.165, 1.54) is 17.0 Å². The Morgan fingerprint density at radius 1 is 1.22 bits per heavy atom. The lowest BCUT2D eigenvalue weighted by Crippen LogP contribution is -2.42. The maximum absolute atomic E-state index is 12.4. The van der Waals surface area contributed by atoms with Gasteiger partial charge in [-0.05, 0) is 30.7 Å². The molecular formula is C12H12F3NO2. The van der Waals surface area contributed by atoms with Crippen LogP contribution in [-0.2, 0) is 11.0 Å². The molecule has 1 aromatic rings. The van der Waals surface area contributed by atoms with Crippen molar-refractivity contribution >= 4 is 11.6 Å². The number of hydrogen-bond donors (Lipinski definition) is 1. The number of anilines is 1. The molecule has 18 heavy (non-hydrogen) atoms. The number of β-amino-alcohol motifs (C(OH)–C–C–N with tert-alkyl or cyclic N) is 1. The normalized spacial score (nSPS) is 21.2. The Bertz CT molecular complexity index is 442. The molecule has 1 aliphatic heterocycles. The molecule has 1 aromatic carbocycles. The van der Waals surface area contributed by atoms with Crippen molar-refractivity contribution in [2.45, 2.75) is 25.1 Å². The lowest BCUT2D eigenvalue weighted by atomic mass is 10.1. The third-order valence-corrected chi connectivity index (χ3v) is 2.89. The zero-order valence-corrected chi connectivity index (χ0v) is 9.44. The second-order valence-electron chi connectivity index (χ2n) is 4.24. The van der Waals surface area contributed by atoms with Crippen molar-refractivity contribution in [1.82, 2.24) is 0 Å². The maximum atomic E-state index is 12.4. The molecule has 1 N–H and O–H groups in total. The smallest absolute Gasteiger partial charge is 0.391 e. The van der Waals surface area contributed by atoms with Crippen LogP contribution < -0.4 is 4.90 Å². The van der Waals surface area contributed by atoms with Gasteiger partial charge in [0.15, 0.2) is 0 Å². The van der Waals surface area contributed by atoms with Gasteiger partial charge in [-0.3, -0.25) is 4.79 Å². The van der Waals surface area contributed by atoms with Crippen LogP contribution in [0, 0.1) is 0 Å². The Labute approximate surface area is 102 Å². The van der Waals surface area contributed by atoms with Crippen molar-refractivity contribution in [1.29, 1.82) is 0 Å². The van der Waals surface area contributed by atoms with Crippen LogP contribution in [0.5, 0.6) is 0 Å². The van der Waals surface area contributed by atoms with E-state index in [4.69, 9.17) is 0 Å². The quantitative estimate of drug-likeness (QED) is 0.839. The van der Waals surface area contributed by atoms with Crippen LogP contribution in [0.3, 0.4) is 0 Å². The largest absolute Gasteiger partial charge is 0.416 e. The second kappa shape index (κ2) is 4.61. The second-order valence-corrected chi connectivity index (χ2v) is 4.24. The molecule has 1 atom stereocenters. The number of carbonyl (C=O) groups excluding carboxylic acids is 1. The van der Waals surface area contributed by atoms with Crippen molar-refractivity contribution in [3.63, 3.8) is 0 Å². The summed E-state index contributed by atoms with van der Waals surface area (Å²) in [5, 5.41) is 9.47. The number of aliphatic hydroxyl groups is 1. The standard InChI is InChI=1S/C12H12F3NO2/c13-12(14,15)8-1-3-9(4-2-8)16-7-10(17)5-6-11(16)18/h1-4,10,17H,5-7H2. The molecule has 6 heteroatoms. The summed E-state index contributed by atoms with van der Waals surface area (Å²) in [5.41, 5.74) is -0.372. The third-order valence-electron chi connectivity index (χ3n) is 2.89. The maximum Gasteiger partial charge on any atom is 0.416 e. The summed E-state index contributed by atoms with van der Waals surface area (Å²) in [5.74, 6) is -0.181. The molecule has 0 aliphatic carbocycles. The Hall–Kier alpha value is -1.56. The van der Waals surface area contributed by atoms with Gasteiger partial charge >= 0.3 is 6.18 Å². The molecule has 3 nitrogen and oxygen atoms in total. The van der Waals surface area contributed by atoms with E-state index in [1.807, 2.05) is 0 Å². The minimum atomic E-state index is -4.38. The number of carbonyl (C=O) groups is 1. The SMILES string of the molecule is O=C1CCC(O)CN1c1ccc(C(F)(F)F)cc1. The average molecular weight is 259 g/mol. The lowest BCUT2D eigenvalue weighted by molar-refractivity contribution is -0.137. The topological polar surface area (TPSA) is 40.5 Å². The monoisotopic (exact) mass is 259 g/mol. The summed E-state index contributed by atoms with van der Waals surface area (Å²) in [7, 11) is 0. The van der Waals surface area contributed by atoms with Crippen LogP contribution in [0.25, 0.3) is 0 Å². The molecule has 1 unspecified atom stereocenters. The number of piperidine rings is 1. The molecule has 0 bridgehead atoms. The molecule has 1 amide bonds. The molecule has 2 rings (SSSR count). The summed E-state index contributed by atoms with van der Waals surface area (Å²) < 4.78 is 37.1. The number of amides is 1. The van der Waals surface area contributed by atoms with E-state index in [1.54, 1.807) is 0 Å². The van der Waals surface area contributed by atoms with Crippen LogP contribution in [0.15, 0.2) is 24.3 Å². The van der Waals surface area contributed by atoms with E-state index < -0.39 is 17.8 Å². The highest BCUT2D eigenvalue weighted by Gasteiger charge is 2.31. The Kier molecular flexibility index (Phi) is 3.30. The number of nitrogens with zero attached hydrogens (tertiary/aromatic N) is 1. The zero-order chi connectivity index (χ0) is 13.3. The van der Waals surface area contributed by atoms with Gasteiger partial charge in [0.25, 0.3) is 0 Å². The number of hydrogen-bond acceptors (Lipinski definition) is 2. The first-order chi connectivity index (χ1) is 8.38. The summed E-state index contributed by atoms with van der Waals surface area (Å²) >= 11 is 0. The van der Waals surface area contributed by atoms with Crippen molar-refractivity contribution < 1.29 is 23.1 Å². The molecule has 1 fully saturated rings. The van der Waals surface area contributed by atoms with Gasteiger partial charge in [-0.2, -0.15) is 13.2 Å². The Balaban J connectivity index is 2.21. The zero-order valence-electron chi connectivity index (χ0n) is 9.44.